The fraction of sp³-hybridized carbons (Fsp3) is 0.294. The van der Waals surface area contributed by atoms with Gasteiger partial charge in [-0.15, -0.1) is 0 Å². The first-order valence-electron chi connectivity index (χ1n) is 7.62. The van der Waals surface area contributed by atoms with Crippen LogP contribution < -0.4 is 5.32 Å². The molecule has 1 aliphatic rings. The number of nitrogens with zero attached hydrogens (tertiary/aromatic N) is 1. The molecule has 132 valence electrons. The molecule has 0 saturated carbocycles. The van der Waals surface area contributed by atoms with Gasteiger partial charge in [-0.05, 0) is 17.6 Å². The average molecular weight is 378 g/mol. The van der Waals surface area contributed by atoms with Crippen molar-refractivity contribution in [1.82, 2.24) is 10.2 Å². The maximum Gasteiger partial charge on any atom is 0.326 e. The maximum atomic E-state index is 12.5. The van der Waals surface area contributed by atoms with E-state index in [4.69, 9.17) is 17.3 Å². The van der Waals surface area contributed by atoms with Gasteiger partial charge in [-0.2, -0.15) is 0 Å². The predicted molar refractivity (Wildman–Crippen MR) is 101 cm³/mol. The number of amides is 2. The summed E-state index contributed by atoms with van der Waals surface area (Å²) in [5, 5.41) is 11.6. The van der Waals surface area contributed by atoms with Crippen LogP contribution in [0, 0.1) is 5.92 Å². The van der Waals surface area contributed by atoms with Gasteiger partial charge in [0.25, 0.3) is 5.91 Å². The van der Waals surface area contributed by atoms with E-state index in [0.29, 0.717) is 4.91 Å². The van der Waals surface area contributed by atoms with E-state index in [1.807, 2.05) is 30.3 Å². The van der Waals surface area contributed by atoms with Crippen LogP contribution in [-0.4, -0.2) is 44.7 Å². The minimum atomic E-state index is -1.11. The molecule has 0 aromatic heterocycles. The van der Waals surface area contributed by atoms with Gasteiger partial charge in [0.15, 0.2) is 0 Å². The molecule has 0 radical (unpaired) electrons. The molecule has 0 spiro atoms. The summed E-state index contributed by atoms with van der Waals surface area (Å²) >= 11 is 6.30. The van der Waals surface area contributed by atoms with Gasteiger partial charge in [0.05, 0.1) is 4.91 Å². The Balaban J connectivity index is 2.06. The second kappa shape index (κ2) is 8.26. The third-order valence-corrected chi connectivity index (χ3v) is 4.90. The van der Waals surface area contributed by atoms with Crippen LogP contribution >= 0.6 is 24.0 Å². The van der Waals surface area contributed by atoms with E-state index in [1.165, 1.54) is 4.90 Å². The highest BCUT2D eigenvalue weighted by Gasteiger charge is 2.34. The molecule has 1 aromatic carbocycles. The number of rotatable bonds is 6. The van der Waals surface area contributed by atoms with E-state index in [1.54, 1.807) is 19.9 Å². The molecule has 1 fully saturated rings. The zero-order valence-corrected chi connectivity index (χ0v) is 15.4. The Kier molecular flexibility index (Phi) is 6.33. The lowest BCUT2D eigenvalue weighted by Crippen LogP contribution is -2.48. The van der Waals surface area contributed by atoms with Crippen molar-refractivity contribution in [3.8, 4) is 0 Å². The smallest absolute Gasteiger partial charge is 0.326 e. The molecule has 6 nitrogen and oxygen atoms in total. The number of carbonyl (C=O) groups excluding carboxylic acids is 2. The molecule has 1 atom stereocenters. The van der Waals surface area contributed by atoms with Crippen LogP contribution in [0.15, 0.2) is 35.2 Å². The van der Waals surface area contributed by atoms with Gasteiger partial charge >= 0.3 is 5.97 Å². The maximum absolute atomic E-state index is 12.5. The molecule has 2 N–H and O–H groups in total. The van der Waals surface area contributed by atoms with Crippen molar-refractivity contribution in [2.24, 2.45) is 5.92 Å². The summed E-state index contributed by atoms with van der Waals surface area (Å²) in [7, 11) is 0. The summed E-state index contributed by atoms with van der Waals surface area (Å²) in [5.74, 6) is -2.30. The van der Waals surface area contributed by atoms with Crippen molar-refractivity contribution < 1.29 is 19.5 Å². The van der Waals surface area contributed by atoms with E-state index in [9.17, 15) is 14.4 Å². The normalized spacial score (nSPS) is 17.2. The molecule has 0 aliphatic carbocycles. The fourth-order valence-electron chi connectivity index (χ4n) is 2.21. The first-order valence-corrected chi connectivity index (χ1v) is 8.84. The molecule has 0 bridgehead atoms. The second-order valence-corrected chi connectivity index (χ2v) is 7.48. The number of carbonyl (C=O) groups is 3. The van der Waals surface area contributed by atoms with Gasteiger partial charge in [0, 0.05) is 0 Å². The summed E-state index contributed by atoms with van der Waals surface area (Å²) < 4.78 is 0.277. The quantitative estimate of drug-likeness (QED) is 0.582. The Bertz CT molecular complexity index is 731. The van der Waals surface area contributed by atoms with Crippen LogP contribution in [0.4, 0.5) is 0 Å². The van der Waals surface area contributed by atoms with Gasteiger partial charge in [-0.25, -0.2) is 4.79 Å². The number of thioether (sulfide) groups is 1. The summed E-state index contributed by atoms with van der Waals surface area (Å²) in [5.41, 5.74) is 0.859. The van der Waals surface area contributed by atoms with E-state index in [-0.39, 0.29) is 22.7 Å². The minimum absolute atomic E-state index is 0.273. The fourth-order valence-corrected chi connectivity index (χ4v) is 3.47. The summed E-state index contributed by atoms with van der Waals surface area (Å²) in [6, 6.07) is 8.31. The summed E-state index contributed by atoms with van der Waals surface area (Å²) in [6.45, 7) is 3.09. The highest BCUT2D eigenvalue weighted by molar-refractivity contribution is 8.26. The van der Waals surface area contributed by atoms with Crippen LogP contribution in [0.3, 0.4) is 0 Å². The average Bonchev–Trinajstić information content (AvgIpc) is 2.80. The Morgan fingerprint density at radius 1 is 1.32 bits per heavy atom. The number of nitrogens with one attached hydrogen (secondary N) is 1. The van der Waals surface area contributed by atoms with Crippen LogP contribution in [0.1, 0.15) is 19.4 Å². The second-order valence-electron chi connectivity index (χ2n) is 5.81. The molecule has 25 heavy (non-hydrogen) atoms. The third-order valence-electron chi connectivity index (χ3n) is 3.52. The molecular formula is C17H18N2O4S2. The van der Waals surface area contributed by atoms with Crippen molar-refractivity contribution in [3.63, 3.8) is 0 Å². The van der Waals surface area contributed by atoms with Crippen molar-refractivity contribution in [2.75, 3.05) is 6.54 Å². The van der Waals surface area contributed by atoms with Crippen LogP contribution in [-0.2, 0) is 14.4 Å². The number of carboxylic acids is 1. The van der Waals surface area contributed by atoms with Gasteiger partial charge in [0.1, 0.15) is 16.9 Å². The molecule has 1 aromatic rings. The predicted octanol–water partition coefficient (Wildman–Crippen LogP) is 2.11. The number of hydrogen-bond donors (Lipinski definition) is 2. The number of thiocarbonyl (C=S) groups is 1. The van der Waals surface area contributed by atoms with Gasteiger partial charge < -0.3 is 10.4 Å². The SMILES string of the molecule is CC(C)[C@H](NC(=O)CN1C(=O)/C(=C/c2ccccc2)SC1=S)C(=O)O. The molecular weight excluding hydrogens is 360 g/mol. The number of carboxylic acid groups (broad SMARTS) is 1. The van der Waals surface area contributed by atoms with Crippen LogP contribution in [0.2, 0.25) is 0 Å². The van der Waals surface area contributed by atoms with E-state index < -0.39 is 17.9 Å². The Hall–Kier alpha value is -2.19. The lowest BCUT2D eigenvalue weighted by molar-refractivity contribution is -0.143. The zero-order chi connectivity index (χ0) is 18.6. The number of aliphatic carboxylic acids is 1. The van der Waals surface area contributed by atoms with Crippen molar-refractivity contribution in [1.29, 1.82) is 0 Å². The van der Waals surface area contributed by atoms with Gasteiger partial charge in [-0.1, -0.05) is 68.2 Å². The number of benzene rings is 1. The van der Waals surface area contributed by atoms with E-state index in [2.05, 4.69) is 5.32 Å². The van der Waals surface area contributed by atoms with E-state index >= 15 is 0 Å². The molecule has 1 aliphatic heterocycles. The molecule has 2 rings (SSSR count). The van der Waals surface area contributed by atoms with Crippen molar-refractivity contribution >= 4 is 52.2 Å². The first-order chi connectivity index (χ1) is 11.8. The Labute approximate surface area is 155 Å². The highest BCUT2D eigenvalue weighted by Crippen LogP contribution is 2.32. The lowest BCUT2D eigenvalue weighted by Gasteiger charge is -2.20. The molecule has 1 saturated heterocycles. The summed E-state index contributed by atoms with van der Waals surface area (Å²) in [4.78, 5) is 37.4. The van der Waals surface area contributed by atoms with Gasteiger partial charge in [-0.3, -0.25) is 14.5 Å². The monoisotopic (exact) mass is 378 g/mol. The Morgan fingerprint density at radius 3 is 2.52 bits per heavy atom. The van der Waals surface area contributed by atoms with Crippen molar-refractivity contribution in [2.45, 2.75) is 19.9 Å². The first kappa shape index (κ1) is 19.1. The zero-order valence-electron chi connectivity index (χ0n) is 13.8. The van der Waals surface area contributed by atoms with Crippen LogP contribution in [0.25, 0.3) is 6.08 Å². The number of hydrogen-bond acceptors (Lipinski definition) is 5. The van der Waals surface area contributed by atoms with Crippen LogP contribution in [0.5, 0.6) is 0 Å². The molecule has 2 amide bonds. The third kappa shape index (κ3) is 4.90. The highest BCUT2D eigenvalue weighted by atomic mass is 32.2. The van der Waals surface area contributed by atoms with E-state index in [0.717, 1.165) is 17.3 Å². The summed E-state index contributed by atoms with van der Waals surface area (Å²) in [6.07, 6.45) is 1.71. The topological polar surface area (TPSA) is 86.7 Å². The molecule has 1 heterocycles. The van der Waals surface area contributed by atoms with Crippen molar-refractivity contribution in [3.05, 3.63) is 40.8 Å². The lowest BCUT2D eigenvalue weighted by atomic mass is 10.0. The Morgan fingerprint density at radius 2 is 1.96 bits per heavy atom. The molecule has 8 heteroatoms. The van der Waals surface area contributed by atoms with Gasteiger partial charge in [0.2, 0.25) is 5.91 Å². The minimum Gasteiger partial charge on any atom is -0.480 e. The molecule has 0 unspecified atom stereocenters. The largest absolute Gasteiger partial charge is 0.480 e. The standard InChI is InChI=1S/C17H18N2O4S2/c1-10(2)14(16(22)23)18-13(20)9-19-15(21)12(25-17(19)24)8-11-6-4-3-5-7-11/h3-8,10,14H,9H2,1-2H3,(H,18,20)(H,22,23)/b12-8-/t14-/m0/s1.